The molecule has 0 radical (unpaired) electrons. The van der Waals surface area contributed by atoms with E-state index in [4.69, 9.17) is 10.3 Å². The Kier molecular flexibility index (Phi) is 3.86. The Morgan fingerprint density at radius 2 is 2.00 bits per heavy atom. The van der Waals surface area contributed by atoms with Gasteiger partial charge in [-0.05, 0) is 12.5 Å². The lowest BCUT2D eigenvalue weighted by molar-refractivity contribution is 0.352. The highest BCUT2D eigenvalue weighted by Gasteiger charge is 2.18. The molecule has 2 aromatic heterocycles. The Balaban J connectivity index is 2.09. The minimum absolute atomic E-state index is 0.0340. The van der Waals surface area contributed by atoms with Crippen LogP contribution in [0.15, 0.2) is 23.0 Å². The van der Waals surface area contributed by atoms with Crippen molar-refractivity contribution >= 4 is 9.84 Å². The van der Waals surface area contributed by atoms with Crippen molar-refractivity contribution in [1.29, 1.82) is 0 Å². The summed E-state index contributed by atoms with van der Waals surface area (Å²) in [6.45, 7) is 0. The first kappa shape index (κ1) is 13.6. The third-order valence-corrected chi connectivity index (χ3v) is 3.30. The van der Waals surface area contributed by atoms with Crippen LogP contribution in [0.5, 0.6) is 0 Å². The van der Waals surface area contributed by atoms with Crippen LogP contribution < -0.4 is 5.73 Å². The van der Waals surface area contributed by atoms with Gasteiger partial charge in [0.15, 0.2) is 0 Å². The van der Waals surface area contributed by atoms with Crippen molar-refractivity contribution in [2.75, 3.05) is 12.0 Å². The van der Waals surface area contributed by atoms with Gasteiger partial charge in [0.05, 0.1) is 11.8 Å². The van der Waals surface area contributed by atoms with E-state index in [1.165, 1.54) is 0 Å². The van der Waals surface area contributed by atoms with Gasteiger partial charge in [0, 0.05) is 18.6 Å². The summed E-state index contributed by atoms with van der Waals surface area (Å²) in [6.07, 6.45) is 4.48. The van der Waals surface area contributed by atoms with Gasteiger partial charge < -0.3 is 10.3 Å². The van der Waals surface area contributed by atoms with Gasteiger partial charge in [-0.1, -0.05) is 5.16 Å². The van der Waals surface area contributed by atoms with Crippen molar-refractivity contribution in [3.63, 3.8) is 0 Å². The zero-order valence-corrected chi connectivity index (χ0v) is 11.0. The SMILES string of the molecule is CS(=O)(=O)CCC(N)c1nc(-c2ncccn2)no1. The van der Waals surface area contributed by atoms with Crippen LogP contribution in [0.25, 0.3) is 11.6 Å². The highest BCUT2D eigenvalue weighted by Crippen LogP contribution is 2.16. The maximum Gasteiger partial charge on any atom is 0.244 e. The molecule has 0 aliphatic rings. The predicted octanol–water partition coefficient (Wildman–Crippen LogP) is -0.0389. The van der Waals surface area contributed by atoms with E-state index < -0.39 is 15.9 Å². The van der Waals surface area contributed by atoms with Gasteiger partial charge >= 0.3 is 0 Å². The molecule has 2 N–H and O–H groups in total. The van der Waals surface area contributed by atoms with Gasteiger partial charge in [0.25, 0.3) is 0 Å². The highest BCUT2D eigenvalue weighted by molar-refractivity contribution is 7.90. The predicted molar refractivity (Wildman–Crippen MR) is 66.6 cm³/mol. The number of rotatable bonds is 5. The normalized spacial score (nSPS) is 13.4. The molecule has 2 heterocycles. The Labute approximate surface area is 110 Å². The maximum absolute atomic E-state index is 11.1. The molecule has 0 saturated carbocycles. The fourth-order valence-corrected chi connectivity index (χ4v) is 2.04. The summed E-state index contributed by atoms with van der Waals surface area (Å²) < 4.78 is 27.1. The lowest BCUT2D eigenvalue weighted by Gasteiger charge is -2.04. The van der Waals surface area contributed by atoms with Gasteiger partial charge in [-0.15, -0.1) is 0 Å². The molecule has 0 aromatic carbocycles. The van der Waals surface area contributed by atoms with Gasteiger partial charge in [0.2, 0.25) is 17.5 Å². The van der Waals surface area contributed by atoms with Gasteiger partial charge in [0.1, 0.15) is 9.84 Å². The summed E-state index contributed by atoms with van der Waals surface area (Å²) in [5, 5.41) is 3.71. The second-order valence-electron chi connectivity index (χ2n) is 4.05. The monoisotopic (exact) mass is 283 g/mol. The van der Waals surface area contributed by atoms with E-state index in [1.54, 1.807) is 18.5 Å². The Morgan fingerprint density at radius 3 is 2.63 bits per heavy atom. The standard InChI is InChI=1S/C10H13N5O3S/c1-19(16,17)6-3-7(11)10-14-9(15-18-10)8-12-4-2-5-13-8/h2,4-5,7H,3,6,11H2,1H3. The van der Waals surface area contributed by atoms with E-state index in [-0.39, 0.29) is 23.9 Å². The first-order valence-electron chi connectivity index (χ1n) is 5.50. The van der Waals surface area contributed by atoms with Crippen LogP contribution in [0.2, 0.25) is 0 Å². The molecule has 1 unspecified atom stereocenters. The first-order valence-corrected chi connectivity index (χ1v) is 7.56. The van der Waals surface area contributed by atoms with Crippen molar-refractivity contribution < 1.29 is 12.9 Å². The van der Waals surface area contributed by atoms with Gasteiger partial charge in [-0.3, -0.25) is 0 Å². The van der Waals surface area contributed by atoms with E-state index in [9.17, 15) is 8.42 Å². The summed E-state index contributed by atoms with van der Waals surface area (Å²) in [5.74, 6) is 0.692. The maximum atomic E-state index is 11.1. The molecule has 0 aliphatic carbocycles. The molecule has 0 bridgehead atoms. The summed E-state index contributed by atoms with van der Waals surface area (Å²) in [6, 6.07) is 1.04. The van der Waals surface area contributed by atoms with Crippen LogP contribution in [0, 0.1) is 0 Å². The largest absolute Gasteiger partial charge is 0.337 e. The van der Waals surface area contributed by atoms with Crippen LogP contribution in [-0.2, 0) is 9.84 Å². The van der Waals surface area contributed by atoms with Crippen LogP contribution in [0.3, 0.4) is 0 Å². The third-order valence-electron chi connectivity index (χ3n) is 2.32. The second-order valence-corrected chi connectivity index (χ2v) is 6.31. The van der Waals surface area contributed by atoms with E-state index in [0.717, 1.165) is 6.26 Å². The van der Waals surface area contributed by atoms with E-state index >= 15 is 0 Å². The molecule has 0 saturated heterocycles. The molecule has 0 aliphatic heterocycles. The summed E-state index contributed by atoms with van der Waals surface area (Å²) >= 11 is 0. The molecule has 0 fully saturated rings. The van der Waals surface area contributed by atoms with Crippen LogP contribution >= 0.6 is 0 Å². The van der Waals surface area contributed by atoms with Crippen LogP contribution in [0.1, 0.15) is 18.4 Å². The second kappa shape index (κ2) is 5.41. The summed E-state index contributed by atoms with van der Waals surface area (Å²) in [7, 11) is -3.07. The number of aromatic nitrogens is 4. The third kappa shape index (κ3) is 3.80. The Bertz CT molecular complexity index is 640. The van der Waals surface area contributed by atoms with E-state index in [0.29, 0.717) is 5.82 Å². The minimum Gasteiger partial charge on any atom is -0.337 e. The molecule has 9 heteroatoms. The number of hydrogen-bond donors (Lipinski definition) is 1. The van der Waals surface area contributed by atoms with Gasteiger partial charge in [-0.2, -0.15) is 4.98 Å². The van der Waals surface area contributed by atoms with Crippen LogP contribution in [-0.4, -0.2) is 40.5 Å². The topological polar surface area (TPSA) is 125 Å². The minimum atomic E-state index is -3.07. The Hall–Kier alpha value is -1.87. The number of nitrogens with zero attached hydrogens (tertiary/aromatic N) is 4. The van der Waals surface area contributed by atoms with Crippen LogP contribution in [0.4, 0.5) is 0 Å². The molecule has 8 nitrogen and oxygen atoms in total. The average Bonchev–Trinajstić information content (AvgIpc) is 2.86. The molecular formula is C10H13N5O3S. The highest BCUT2D eigenvalue weighted by atomic mass is 32.2. The average molecular weight is 283 g/mol. The number of nitrogens with two attached hydrogens (primary N) is 1. The lowest BCUT2D eigenvalue weighted by Crippen LogP contribution is -2.16. The molecular weight excluding hydrogens is 270 g/mol. The fourth-order valence-electron chi connectivity index (χ4n) is 1.36. The molecule has 1 atom stereocenters. The molecule has 0 spiro atoms. The molecule has 19 heavy (non-hydrogen) atoms. The van der Waals surface area contributed by atoms with Crippen molar-refractivity contribution in [2.45, 2.75) is 12.5 Å². The molecule has 2 aromatic rings. The van der Waals surface area contributed by atoms with Crippen molar-refractivity contribution in [2.24, 2.45) is 5.73 Å². The fraction of sp³-hybridized carbons (Fsp3) is 0.400. The molecule has 2 rings (SSSR count). The zero-order valence-electron chi connectivity index (χ0n) is 10.2. The lowest BCUT2D eigenvalue weighted by atomic mass is 10.2. The summed E-state index contributed by atoms with van der Waals surface area (Å²) in [5.41, 5.74) is 5.79. The van der Waals surface area contributed by atoms with E-state index in [1.807, 2.05) is 0 Å². The molecule has 0 amide bonds. The van der Waals surface area contributed by atoms with Crippen molar-refractivity contribution in [1.82, 2.24) is 20.1 Å². The first-order chi connectivity index (χ1) is 8.96. The quantitative estimate of drug-likeness (QED) is 0.810. The molecule has 102 valence electrons. The van der Waals surface area contributed by atoms with Crippen molar-refractivity contribution in [3.8, 4) is 11.6 Å². The van der Waals surface area contributed by atoms with E-state index in [2.05, 4.69) is 20.1 Å². The van der Waals surface area contributed by atoms with Gasteiger partial charge in [-0.25, -0.2) is 18.4 Å². The van der Waals surface area contributed by atoms with Crippen molar-refractivity contribution in [3.05, 3.63) is 24.4 Å². The number of hydrogen-bond acceptors (Lipinski definition) is 8. The number of sulfone groups is 1. The smallest absolute Gasteiger partial charge is 0.244 e. The zero-order chi connectivity index (χ0) is 13.9. The summed E-state index contributed by atoms with van der Waals surface area (Å²) in [4.78, 5) is 12.0. The Morgan fingerprint density at radius 1 is 1.32 bits per heavy atom.